The zero-order chi connectivity index (χ0) is 14.9. The second-order valence-electron chi connectivity index (χ2n) is 4.08. The molecular weight excluding hydrogens is 342 g/mol. The van der Waals surface area contributed by atoms with Crippen LogP contribution in [0.3, 0.4) is 0 Å². The topological polar surface area (TPSA) is 25.2 Å². The van der Waals surface area contributed by atoms with Gasteiger partial charge in [0, 0.05) is 0 Å². The number of benzene rings is 1. The molecule has 1 N–H and O–H groups in total. The second kappa shape index (κ2) is 5.57. The molecular formula is C13H10BrF4NO. The van der Waals surface area contributed by atoms with Gasteiger partial charge in [-0.15, -0.1) is 0 Å². The minimum Gasteiger partial charge on any atom is -0.466 e. The first-order valence-electron chi connectivity index (χ1n) is 5.61. The average molecular weight is 352 g/mol. The van der Waals surface area contributed by atoms with Crippen molar-refractivity contribution in [1.82, 2.24) is 5.32 Å². The van der Waals surface area contributed by atoms with Crippen molar-refractivity contribution in [3.05, 3.63) is 57.7 Å². The highest BCUT2D eigenvalue weighted by Crippen LogP contribution is 2.38. The lowest BCUT2D eigenvalue weighted by Gasteiger charge is -2.20. The molecule has 1 aromatic heterocycles. The zero-order valence-corrected chi connectivity index (χ0v) is 11.8. The van der Waals surface area contributed by atoms with E-state index < -0.39 is 23.6 Å². The SMILES string of the molecule is CNC(c1cc(F)ccc1C(F)(F)F)c1occc1Br. The molecule has 2 nitrogen and oxygen atoms in total. The number of furan rings is 1. The molecule has 0 radical (unpaired) electrons. The lowest BCUT2D eigenvalue weighted by atomic mass is 9.98. The van der Waals surface area contributed by atoms with Crippen LogP contribution in [-0.2, 0) is 6.18 Å². The molecule has 20 heavy (non-hydrogen) atoms. The van der Waals surface area contributed by atoms with Crippen LogP contribution >= 0.6 is 15.9 Å². The van der Waals surface area contributed by atoms with E-state index in [0.717, 1.165) is 18.2 Å². The van der Waals surface area contributed by atoms with Crippen LogP contribution in [0.1, 0.15) is 22.9 Å². The number of nitrogens with one attached hydrogen (secondary N) is 1. The summed E-state index contributed by atoms with van der Waals surface area (Å²) in [4.78, 5) is 0. The van der Waals surface area contributed by atoms with Crippen LogP contribution < -0.4 is 5.32 Å². The Kier molecular flexibility index (Phi) is 4.19. The number of rotatable bonds is 3. The molecule has 7 heteroatoms. The maximum atomic E-state index is 13.3. The normalized spacial score (nSPS) is 13.5. The van der Waals surface area contributed by atoms with Gasteiger partial charge in [-0.3, -0.25) is 0 Å². The molecule has 1 aromatic carbocycles. The van der Waals surface area contributed by atoms with E-state index in [4.69, 9.17) is 4.42 Å². The van der Waals surface area contributed by atoms with E-state index in [2.05, 4.69) is 21.2 Å². The summed E-state index contributed by atoms with van der Waals surface area (Å²) in [5, 5.41) is 2.71. The van der Waals surface area contributed by atoms with Crippen molar-refractivity contribution in [2.75, 3.05) is 7.05 Å². The molecule has 1 atom stereocenters. The molecule has 0 spiro atoms. The smallest absolute Gasteiger partial charge is 0.416 e. The van der Waals surface area contributed by atoms with Gasteiger partial charge in [-0.05, 0) is 52.8 Å². The number of halogens is 5. The van der Waals surface area contributed by atoms with Crippen molar-refractivity contribution in [1.29, 1.82) is 0 Å². The van der Waals surface area contributed by atoms with E-state index in [1.807, 2.05) is 0 Å². The molecule has 0 saturated carbocycles. The lowest BCUT2D eigenvalue weighted by Crippen LogP contribution is -2.22. The van der Waals surface area contributed by atoms with Crippen molar-refractivity contribution >= 4 is 15.9 Å². The molecule has 0 bridgehead atoms. The molecule has 0 aliphatic rings. The Labute approximate surface area is 120 Å². The van der Waals surface area contributed by atoms with Gasteiger partial charge in [0.15, 0.2) is 0 Å². The van der Waals surface area contributed by atoms with Crippen LogP contribution in [0.2, 0.25) is 0 Å². The van der Waals surface area contributed by atoms with Crippen molar-refractivity contribution in [3.8, 4) is 0 Å². The van der Waals surface area contributed by atoms with E-state index in [0.29, 0.717) is 4.47 Å². The highest BCUT2D eigenvalue weighted by Gasteiger charge is 2.36. The number of hydrogen-bond donors (Lipinski definition) is 1. The Morgan fingerprint density at radius 2 is 1.95 bits per heavy atom. The van der Waals surface area contributed by atoms with Gasteiger partial charge in [0.2, 0.25) is 0 Å². The average Bonchev–Trinajstić information content (AvgIpc) is 2.75. The summed E-state index contributed by atoms with van der Waals surface area (Å²) in [5.41, 5.74) is -1.13. The van der Waals surface area contributed by atoms with Crippen molar-refractivity contribution in [3.63, 3.8) is 0 Å². The van der Waals surface area contributed by atoms with Gasteiger partial charge < -0.3 is 9.73 Å². The van der Waals surface area contributed by atoms with Gasteiger partial charge in [0.05, 0.1) is 22.3 Å². The molecule has 2 aromatic rings. The Bertz CT molecular complexity index is 609. The summed E-state index contributed by atoms with van der Waals surface area (Å²) < 4.78 is 58.1. The fourth-order valence-electron chi connectivity index (χ4n) is 1.97. The number of alkyl halides is 3. The quantitative estimate of drug-likeness (QED) is 0.823. The Morgan fingerprint density at radius 3 is 2.45 bits per heavy atom. The van der Waals surface area contributed by atoms with Crippen LogP contribution in [0.5, 0.6) is 0 Å². The van der Waals surface area contributed by atoms with Gasteiger partial charge in [-0.1, -0.05) is 0 Å². The van der Waals surface area contributed by atoms with Gasteiger partial charge in [0.1, 0.15) is 11.6 Å². The third kappa shape index (κ3) is 2.88. The van der Waals surface area contributed by atoms with Gasteiger partial charge in [0.25, 0.3) is 0 Å². The Balaban J connectivity index is 2.60. The summed E-state index contributed by atoms with van der Waals surface area (Å²) in [6.45, 7) is 0. The summed E-state index contributed by atoms with van der Waals surface area (Å²) in [6.07, 6.45) is -3.23. The maximum absolute atomic E-state index is 13.3. The van der Waals surface area contributed by atoms with Crippen LogP contribution in [0.15, 0.2) is 39.4 Å². The van der Waals surface area contributed by atoms with Gasteiger partial charge >= 0.3 is 6.18 Å². The van der Waals surface area contributed by atoms with Crippen LogP contribution in [0.25, 0.3) is 0 Å². The van der Waals surface area contributed by atoms with E-state index >= 15 is 0 Å². The third-order valence-electron chi connectivity index (χ3n) is 2.83. The van der Waals surface area contributed by atoms with E-state index in [-0.39, 0.29) is 11.3 Å². The fraction of sp³-hybridized carbons (Fsp3) is 0.231. The standard InChI is InChI=1S/C13H10BrF4NO/c1-19-11(12-10(14)4-5-20-12)8-6-7(15)2-3-9(8)13(16,17)18/h2-6,11,19H,1H3. The fourth-order valence-corrected chi connectivity index (χ4v) is 2.40. The number of hydrogen-bond acceptors (Lipinski definition) is 2. The van der Waals surface area contributed by atoms with E-state index in [9.17, 15) is 17.6 Å². The minimum atomic E-state index is -4.57. The molecule has 0 amide bonds. The molecule has 2 rings (SSSR count). The lowest BCUT2D eigenvalue weighted by molar-refractivity contribution is -0.138. The molecule has 0 saturated heterocycles. The molecule has 1 unspecified atom stereocenters. The monoisotopic (exact) mass is 351 g/mol. The first-order chi connectivity index (χ1) is 9.34. The maximum Gasteiger partial charge on any atom is 0.416 e. The third-order valence-corrected chi connectivity index (χ3v) is 3.48. The molecule has 1 heterocycles. The predicted octanol–water partition coefficient (Wildman–Crippen LogP) is 4.51. The van der Waals surface area contributed by atoms with Crippen LogP contribution in [0, 0.1) is 5.82 Å². The largest absolute Gasteiger partial charge is 0.466 e. The second-order valence-corrected chi connectivity index (χ2v) is 4.94. The van der Waals surface area contributed by atoms with Crippen LogP contribution in [0.4, 0.5) is 17.6 Å². The van der Waals surface area contributed by atoms with Gasteiger partial charge in [-0.25, -0.2) is 4.39 Å². The summed E-state index contributed by atoms with van der Waals surface area (Å²) in [6, 6.07) is 3.03. The van der Waals surface area contributed by atoms with E-state index in [1.54, 1.807) is 6.07 Å². The van der Waals surface area contributed by atoms with Gasteiger partial charge in [-0.2, -0.15) is 13.2 Å². The van der Waals surface area contributed by atoms with Crippen molar-refractivity contribution in [2.24, 2.45) is 0 Å². The molecule has 0 aliphatic heterocycles. The molecule has 0 aliphatic carbocycles. The first-order valence-corrected chi connectivity index (χ1v) is 6.40. The van der Waals surface area contributed by atoms with Crippen LogP contribution in [-0.4, -0.2) is 7.05 Å². The van der Waals surface area contributed by atoms with Crippen molar-refractivity contribution < 1.29 is 22.0 Å². The minimum absolute atomic E-state index is 0.226. The highest BCUT2D eigenvalue weighted by atomic mass is 79.9. The summed E-state index contributed by atoms with van der Waals surface area (Å²) in [7, 11) is 1.48. The first kappa shape index (κ1) is 15.1. The molecule has 0 fully saturated rings. The Hall–Kier alpha value is -1.34. The van der Waals surface area contributed by atoms with E-state index in [1.165, 1.54) is 13.3 Å². The Morgan fingerprint density at radius 1 is 1.25 bits per heavy atom. The highest BCUT2D eigenvalue weighted by molar-refractivity contribution is 9.10. The predicted molar refractivity (Wildman–Crippen MR) is 68.7 cm³/mol. The summed E-state index contributed by atoms with van der Waals surface area (Å²) in [5.74, 6) is -0.487. The summed E-state index contributed by atoms with van der Waals surface area (Å²) >= 11 is 3.19. The van der Waals surface area contributed by atoms with Crippen molar-refractivity contribution in [2.45, 2.75) is 12.2 Å². The molecule has 108 valence electrons. The zero-order valence-electron chi connectivity index (χ0n) is 10.3.